The summed E-state index contributed by atoms with van der Waals surface area (Å²) >= 11 is 8.90. The SMILES string of the molecule is COc1cccc2sc(N(Cc3cccnc3)C(=O)CSc3ccc(Cl)cc3)nc12. The number of carbonyl (C=O) groups excluding carboxylic acids is 1. The second kappa shape index (κ2) is 9.47. The Labute approximate surface area is 187 Å². The third kappa shape index (κ3) is 4.75. The van der Waals surface area contributed by atoms with Gasteiger partial charge < -0.3 is 4.74 Å². The third-order valence-corrected chi connectivity index (χ3v) is 6.65. The van der Waals surface area contributed by atoms with Crippen LogP contribution in [0.4, 0.5) is 5.13 Å². The molecule has 0 N–H and O–H groups in total. The highest BCUT2D eigenvalue weighted by molar-refractivity contribution is 8.00. The molecule has 0 saturated carbocycles. The van der Waals surface area contributed by atoms with Gasteiger partial charge in [0.25, 0.3) is 0 Å². The smallest absolute Gasteiger partial charge is 0.239 e. The van der Waals surface area contributed by atoms with E-state index in [2.05, 4.69) is 4.98 Å². The number of pyridine rings is 1. The van der Waals surface area contributed by atoms with Gasteiger partial charge in [0, 0.05) is 22.3 Å². The fourth-order valence-electron chi connectivity index (χ4n) is 2.88. The number of amides is 1. The average molecular weight is 456 g/mol. The minimum Gasteiger partial charge on any atom is -0.494 e. The van der Waals surface area contributed by atoms with Gasteiger partial charge in [-0.3, -0.25) is 14.7 Å². The van der Waals surface area contributed by atoms with Gasteiger partial charge in [-0.1, -0.05) is 35.1 Å². The molecule has 0 bridgehead atoms. The van der Waals surface area contributed by atoms with Crippen molar-refractivity contribution in [1.29, 1.82) is 0 Å². The van der Waals surface area contributed by atoms with E-state index in [0.29, 0.717) is 22.4 Å². The minimum absolute atomic E-state index is 0.0307. The molecule has 30 heavy (non-hydrogen) atoms. The van der Waals surface area contributed by atoms with Gasteiger partial charge in [-0.05, 0) is 48.0 Å². The Kier molecular flexibility index (Phi) is 6.52. The van der Waals surface area contributed by atoms with Crippen LogP contribution in [0.2, 0.25) is 5.02 Å². The highest BCUT2D eigenvalue weighted by atomic mass is 35.5. The summed E-state index contributed by atoms with van der Waals surface area (Å²) in [5, 5.41) is 1.31. The van der Waals surface area contributed by atoms with Crippen LogP contribution in [0.1, 0.15) is 5.56 Å². The van der Waals surface area contributed by atoms with Crippen molar-refractivity contribution < 1.29 is 9.53 Å². The molecule has 0 fully saturated rings. The highest BCUT2D eigenvalue weighted by Gasteiger charge is 2.21. The topological polar surface area (TPSA) is 55.3 Å². The Bertz CT molecular complexity index is 1150. The summed E-state index contributed by atoms with van der Waals surface area (Å²) in [5.41, 5.74) is 1.70. The number of thiazole rings is 1. The van der Waals surface area contributed by atoms with Crippen molar-refractivity contribution in [2.75, 3.05) is 17.8 Å². The molecule has 0 saturated heterocycles. The maximum atomic E-state index is 13.2. The summed E-state index contributed by atoms with van der Waals surface area (Å²) in [5.74, 6) is 0.950. The fourth-order valence-corrected chi connectivity index (χ4v) is 4.78. The van der Waals surface area contributed by atoms with Crippen LogP contribution in [0, 0.1) is 0 Å². The van der Waals surface area contributed by atoms with Crippen molar-refractivity contribution in [1.82, 2.24) is 9.97 Å². The van der Waals surface area contributed by atoms with Crippen LogP contribution < -0.4 is 9.64 Å². The van der Waals surface area contributed by atoms with Gasteiger partial charge in [-0.25, -0.2) is 4.98 Å². The van der Waals surface area contributed by atoms with Gasteiger partial charge in [0.15, 0.2) is 5.13 Å². The van der Waals surface area contributed by atoms with Crippen LogP contribution in [0.5, 0.6) is 5.75 Å². The van der Waals surface area contributed by atoms with Crippen molar-refractivity contribution >= 4 is 56.0 Å². The van der Waals surface area contributed by atoms with Gasteiger partial charge in [-0.2, -0.15) is 0 Å². The Morgan fingerprint density at radius 2 is 2.00 bits per heavy atom. The lowest BCUT2D eigenvalue weighted by Gasteiger charge is -2.19. The Hall–Kier alpha value is -2.61. The Morgan fingerprint density at radius 3 is 2.73 bits per heavy atom. The standard InChI is InChI=1S/C22H18ClN3O2S2/c1-28-18-5-2-6-19-21(18)25-22(30-19)26(13-15-4-3-11-24-12-15)20(27)14-29-17-9-7-16(23)8-10-17/h2-12H,13-14H2,1H3. The predicted octanol–water partition coefficient (Wildman–Crippen LogP) is 5.68. The lowest BCUT2D eigenvalue weighted by Crippen LogP contribution is -2.31. The van der Waals surface area contributed by atoms with E-state index >= 15 is 0 Å². The van der Waals surface area contributed by atoms with E-state index in [1.807, 2.05) is 54.6 Å². The second-order valence-electron chi connectivity index (χ2n) is 6.39. The molecule has 2 aromatic heterocycles. The third-order valence-electron chi connectivity index (χ3n) is 4.36. The largest absolute Gasteiger partial charge is 0.494 e. The number of rotatable bonds is 7. The summed E-state index contributed by atoms with van der Waals surface area (Å²) in [6.45, 7) is 0.399. The van der Waals surface area contributed by atoms with Crippen molar-refractivity contribution in [2.45, 2.75) is 11.4 Å². The summed E-state index contributed by atoms with van der Waals surface area (Å²) in [6.07, 6.45) is 3.48. The van der Waals surface area contributed by atoms with Gasteiger partial charge in [0.1, 0.15) is 11.3 Å². The summed E-state index contributed by atoms with van der Waals surface area (Å²) in [7, 11) is 1.62. The molecule has 4 aromatic rings. The van der Waals surface area contributed by atoms with Crippen LogP contribution in [0.15, 0.2) is 71.9 Å². The van der Waals surface area contributed by atoms with E-state index in [0.717, 1.165) is 20.7 Å². The number of halogens is 1. The number of thioether (sulfide) groups is 1. The van der Waals surface area contributed by atoms with E-state index in [9.17, 15) is 4.79 Å². The molecular formula is C22H18ClN3O2S2. The summed E-state index contributed by atoms with van der Waals surface area (Å²) in [6, 6.07) is 17.1. The van der Waals surface area contributed by atoms with Gasteiger partial charge in [0.05, 0.1) is 24.1 Å². The van der Waals surface area contributed by atoms with Crippen LogP contribution in [-0.4, -0.2) is 28.7 Å². The van der Waals surface area contributed by atoms with Crippen molar-refractivity contribution in [2.24, 2.45) is 0 Å². The number of aromatic nitrogens is 2. The highest BCUT2D eigenvalue weighted by Crippen LogP contribution is 2.35. The lowest BCUT2D eigenvalue weighted by molar-refractivity contribution is -0.116. The van der Waals surface area contributed by atoms with E-state index in [4.69, 9.17) is 21.3 Å². The Morgan fingerprint density at radius 1 is 1.17 bits per heavy atom. The first-order valence-corrected chi connectivity index (χ1v) is 11.3. The van der Waals surface area contributed by atoms with Crippen molar-refractivity contribution in [3.05, 3.63) is 77.6 Å². The van der Waals surface area contributed by atoms with Crippen LogP contribution in [-0.2, 0) is 11.3 Å². The maximum absolute atomic E-state index is 13.2. The van der Waals surface area contributed by atoms with E-state index < -0.39 is 0 Å². The molecule has 4 rings (SSSR count). The zero-order valence-electron chi connectivity index (χ0n) is 16.1. The molecule has 0 spiro atoms. The number of carbonyl (C=O) groups is 1. The molecular weight excluding hydrogens is 438 g/mol. The minimum atomic E-state index is -0.0307. The normalized spacial score (nSPS) is 10.9. The number of fused-ring (bicyclic) bond motifs is 1. The molecule has 0 aliphatic heterocycles. The van der Waals surface area contributed by atoms with E-state index in [-0.39, 0.29) is 11.7 Å². The molecule has 0 radical (unpaired) electrons. The molecule has 0 unspecified atom stereocenters. The van der Waals surface area contributed by atoms with E-state index in [1.165, 1.54) is 23.1 Å². The summed E-state index contributed by atoms with van der Waals surface area (Å²) in [4.78, 5) is 24.8. The zero-order chi connectivity index (χ0) is 20.9. The van der Waals surface area contributed by atoms with E-state index in [1.54, 1.807) is 24.4 Å². The van der Waals surface area contributed by atoms with Crippen LogP contribution in [0.3, 0.4) is 0 Å². The summed E-state index contributed by atoms with van der Waals surface area (Å²) < 4.78 is 6.40. The van der Waals surface area contributed by atoms with Crippen LogP contribution >= 0.6 is 34.7 Å². The first-order valence-electron chi connectivity index (χ1n) is 9.15. The van der Waals surface area contributed by atoms with Crippen molar-refractivity contribution in [3.63, 3.8) is 0 Å². The first kappa shape index (κ1) is 20.7. The molecule has 5 nitrogen and oxygen atoms in total. The number of anilines is 1. The van der Waals surface area contributed by atoms with Gasteiger partial charge >= 0.3 is 0 Å². The molecule has 0 atom stereocenters. The second-order valence-corrected chi connectivity index (χ2v) is 8.88. The molecule has 152 valence electrons. The van der Waals surface area contributed by atoms with Crippen molar-refractivity contribution in [3.8, 4) is 5.75 Å². The first-order chi connectivity index (χ1) is 14.6. The number of benzene rings is 2. The Balaban J connectivity index is 1.62. The lowest BCUT2D eigenvalue weighted by atomic mass is 10.2. The number of para-hydroxylation sites is 1. The number of hydrogen-bond acceptors (Lipinski definition) is 6. The maximum Gasteiger partial charge on any atom is 0.239 e. The number of nitrogens with zero attached hydrogens (tertiary/aromatic N) is 3. The number of methoxy groups -OCH3 is 1. The number of ether oxygens (including phenoxy) is 1. The van der Waals surface area contributed by atoms with Gasteiger partial charge in [0.2, 0.25) is 5.91 Å². The molecule has 8 heteroatoms. The molecule has 1 amide bonds. The fraction of sp³-hybridized carbons (Fsp3) is 0.136. The number of hydrogen-bond donors (Lipinski definition) is 0. The molecule has 2 aromatic carbocycles. The molecule has 0 aliphatic rings. The average Bonchev–Trinajstić information content (AvgIpc) is 3.21. The molecule has 0 aliphatic carbocycles. The van der Waals surface area contributed by atoms with Crippen LogP contribution in [0.25, 0.3) is 10.2 Å². The van der Waals surface area contributed by atoms with Gasteiger partial charge in [-0.15, -0.1) is 11.8 Å². The quantitative estimate of drug-likeness (QED) is 0.335. The zero-order valence-corrected chi connectivity index (χ0v) is 18.5. The molecule has 2 heterocycles. The predicted molar refractivity (Wildman–Crippen MR) is 124 cm³/mol. The monoisotopic (exact) mass is 455 g/mol.